The van der Waals surface area contributed by atoms with E-state index in [4.69, 9.17) is 4.52 Å². The maximum atomic E-state index is 13.3. The average molecular weight is 1030 g/mol. The molecule has 0 rings (SSSR count). The van der Waals surface area contributed by atoms with Crippen molar-refractivity contribution >= 4 is 7.82 Å². The van der Waals surface area contributed by atoms with Gasteiger partial charge in [-0.2, -0.15) is 0 Å². The van der Waals surface area contributed by atoms with Crippen LogP contribution in [0.3, 0.4) is 0 Å². The zero-order chi connectivity index (χ0) is 54.0. The summed E-state index contributed by atoms with van der Waals surface area (Å²) in [5.41, 5.74) is -0.877. The predicted octanol–water partition coefficient (Wildman–Crippen LogP) is 21.5. The highest BCUT2D eigenvalue weighted by molar-refractivity contribution is 7.46. The molecule has 0 aliphatic carbocycles. The summed E-state index contributed by atoms with van der Waals surface area (Å²) in [5, 5.41) is 0. The number of hydrogen-bond donors (Lipinski definition) is 2. The number of quaternary nitrogens is 1. The number of hydrogen-bond acceptors (Lipinski definition) is 2. The lowest BCUT2D eigenvalue weighted by Gasteiger charge is -2.48. The Morgan fingerprint density at radius 1 is 0.324 bits per heavy atom. The summed E-state index contributed by atoms with van der Waals surface area (Å²) < 4.78 is 20.3. The second-order valence-electron chi connectivity index (χ2n) is 28.4. The fourth-order valence-electron chi connectivity index (χ4n) is 12.4. The van der Waals surface area contributed by atoms with E-state index in [2.05, 4.69) is 125 Å². The molecule has 71 heavy (non-hydrogen) atoms. The van der Waals surface area contributed by atoms with Crippen molar-refractivity contribution in [3.63, 3.8) is 0 Å². The van der Waals surface area contributed by atoms with Crippen molar-refractivity contribution in [3.05, 3.63) is 0 Å². The Morgan fingerprint density at radius 2 is 0.521 bits per heavy atom. The maximum Gasteiger partial charge on any atom is 0.470 e. The van der Waals surface area contributed by atoms with Crippen LogP contribution >= 0.6 is 7.82 Å². The summed E-state index contributed by atoms with van der Waals surface area (Å²) in [4.78, 5) is 21.6. The SMILES string of the molecule is CC(C)CCCC(C)CCCC(C)CCCC(C)CCC(C(CCC(C)CCCC(C)CCCC(C)CCCC(C)C)(CCC(C)CCCC(C)CCCC(C)CCCC(C)C)OP(=O)(O)O)[N+](C)(C)C. The average Bonchev–Trinajstić information content (AvgIpc) is 3.23. The van der Waals surface area contributed by atoms with E-state index in [0.29, 0.717) is 35.1 Å². The molecule has 0 saturated heterocycles. The zero-order valence-corrected chi connectivity index (χ0v) is 52.8. The molecule has 5 nitrogen and oxygen atoms in total. The molecule has 0 aromatic heterocycles. The molecule has 0 bridgehead atoms. The van der Waals surface area contributed by atoms with Gasteiger partial charge in [-0.15, -0.1) is 0 Å². The van der Waals surface area contributed by atoms with Crippen LogP contribution < -0.4 is 0 Å². The van der Waals surface area contributed by atoms with Crippen LogP contribution in [0.15, 0.2) is 0 Å². The van der Waals surface area contributed by atoms with Crippen molar-refractivity contribution in [2.75, 3.05) is 21.1 Å². The van der Waals surface area contributed by atoms with Gasteiger partial charge in [0, 0.05) is 6.42 Å². The highest BCUT2D eigenvalue weighted by Crippen LogP contribution is 2.50. The lowest BCUT2D eigenvalue weighted by molar-refractivity contribution is -0.904. The molecular weight excluding hydrogens is 890 g/mol. The van der Waals surface area contributed by atoms with Gasteiger partial charge >= 0.3 is 7.82 Å². The summed E-state index contributed by atoms with van der Waals surface area (Å²) in [6, 6.07) is -0.000926. The van der Waals surface area contributed by atoms with E-state index in [1.807, 2.05) is 0 Å². The van der Waals surface area contributed by atoms with E-state index in [9.17, 15) is 14.4 Å². The van der Waals surface area contributed by atoms with Gasteiger partial charge < -0.3 is 14.3 Å². The van der Waals surface area contributed by atoms with Crippen LogP contribution in [0.1, 0.15) is 316 Å². The van der Waals surface area contributed by atoms with Crippen molar-refractivity contribution in [2.24, 2.45) is 71.0 Å². The highest BCUT2D eigenvalue weighted by Gasteiger charge is 2.50. The van der Waals surface area contributed by atoms with Gasteiger partial charge in [-0.25, -0.2) is 4.57 Å². The van der Waals surface area contributed by atoms with Crippen LogP contribution in [0, 0.1) is 71.0 Å². The Balaban J connectivity index is 5.82. The molecule has 0 radical (unpaired) electrons. The Kier molecular flexibility index (Phi) is 40.3. The normalized spacial score (nSPS) is 18.1. The number of rotatable bonds is 49. The molecule has 10 unspecified atom stereocenters. The van der Waals surface area contributed by atoms with Crippen molar-refractivity contribution in [3.8, 4) is 0 Å². The van der Waals surface area contributed by atoms with Crippen LogP contribution in [-0.4, -0.2) is 47.1 Å². The third kappa shape index (κ3) is 40.9. The Bertz CT molecular complexity index is 1210. The molecule has 0 aromatic rings. The second kappa shape index (κ2) is 40.3. The van der Waals surface area contributed by atoms with Crippen LogP contribution in [0.4, 0.5) is 0 Å². The zero-order valence-electron chi connectivity index (χ0n) is 51.9. The van der Waals surface area contributed by atoms with Gasteiger partial charge in [-0.05, 0) is 103 Å². The van der Waals surface area contributed by atoms with Crippen LogP contribution in [0.5, 0.6) is 0 Å². The van der Waals surface area contributed by atoms with Gasteiger partial charge in [0.2, 0.25) is 0 Å². The second-order valence-corrected chi connectivity index (χ2v) is 29.6. The maximum absolute atomic E-state index is 13.3. The Labute approximate surface area is 448 Å². The quantitative estimate of drug-likeness (QED) is 0.0471. The third-order valence-corrected chi connectivity index (χ3v) is 18.3. The lowest BCUT2D eigenvalue weighted by atomic mass is 9.76. The monoisotopic (exact) mass is 1030 g/mol. The van der Waals surface area contributed by atoms with Gasteiger partial charge in [0.1, 0.15) is 11.6 Å². The molecule has 0 spiro atoms. The number of likely N-dealkylation sites (N-methyl/N-ethyl adjacent to an activating group) is 1. The largest absolute Gasteiger partial charge is 0.470 e. The fraction of sp³-hybridized carbons (Fsp3) is 1.00. The summed E-state index contributed by atoms with van der Waals surface area (Å²) in [5.74, 6) is 8.83. The topological polar surface area (TPSA) is 66.8 Å². The van der Waals surface area contributed by atoms with E-state index < -0.39 is 13.4 Å². The first-order chi connectivity index (χ1) is 33.1. The van der Waals surface area contributed by atoms with Crippen molar-refractivity contribution in [1.82, 2.24) is 0 Å². The predicted molar refractivity (Wildman–Crippen MR) is 317 cm³/mol. The van der Waals surface area contributed by atoms with Crippen molar-refractivity contribution in [1.29, 1.82) is 0 Å². The van der Waals surface area contributed by atoms with Gasteiger partial charge in [-0.1, -0.05) is 277 Å². The van der Waals surface area contributed by atoms with E-state index in [-0.39, 0.29) is 6.04 Å². The first-order valence-corrected chi connectivity index (χ1v) is 33.2. The fourth-order valence-corrected chi connectivity index (χ4v) is 13.2. The number of phosphoric acid groups is 1. The van der Waals surface area contributed by atoms with Crippen LogP contribution in [0.25, 0.3) is 0 Å². The Morgan fingerprint density at radius 3 is 0.718 bits per heavy atom. The first-order valence-electron chi connectivity index (χ1n) is 31.7. The molecule has 0 fully saturated rings. The van der Waals surface area contributed by atoms with Crippen molar-refractivity contribution in [2.45, 2.75) is 327 Å². The van der Waals surface area contributed by atoms with Crippen LogP contribution in [-0.2, 0) is 9.09 Å². The molecule has 0 heterocycles. The van der Waals surface area contributed by atoms with Gasteiger partial charge in [-0.3, -0.25) is 4.52 Å². The van der Waals surface area contributed by atoms with Crippen molar-refractivity contribution < 1.29 is 23.4 Å². The molecule has 2 N–H and O–H groups in total. The van der Waals surface area contributed by atoms with E-state index in [1.165, 1.54) is 173 Å². The summed E-state index contributed by atoms with van der Waals surface area (Å²) >= 11 is 0. The van der Waals surface area contributed by atoms with E-state index in [0.717, 1.165) is 78.9 Å². The molecule has 10 atom stereocenters. The summed E-state index contributed by atoms with van der Waals surface area (Å²) in [6.45, 7) is 36.0. The molecule has 6 heteroatoms. The van der Waals surface area contributed by atoms with E-state index in [1.54, 1.807) is 0 Å². The minimum atomic E-state index is -4.77. The molecule has 0 aromatic carbocycles. The van der Waals surface area contributed by atoms with Gasteiger partial charge in [0.25, 0.3) is 0 Å². The molecule has 0 saturated carbocycles. The number of phosphoric ester groups is 1. The first kappa shape index (κ1) is 71.1. The summed E-state index contributed by atoms with van der Waals surface area (Å²) in [6.07, 6.45) is 41.0. The highest BCUT2D eigenvalue weighted by atomic mass is 31.2. The molecule has 0 amide bonds. The van der Waals surface area contributed by atoms with E-state index >= 15 is 0 Å². The molecular formula is C65H135NO4P+. The third-order valence-electron chi connectivity index (χ3n) is 17.7. The smallest absolute Gasteiger partial charge is 0.326 e. The number of nitrogens with zero attached hydrogens (tertiary/aromatic N) is 1. The molecule has 0 aliphatic heterocycles. The minimum absolute atomic E-state index is 0.000926. The standard InChI is InChI=1S/C65H134NO4P/c1-52(2)28-19-31-55(7)34-22-37-58(10)40-25-43-61(13)46-47-64(66(16,17)18)65(70-71(67,68)69,50-48-62(14)44-26-41-59(11)38-23-35-56(8)32-20-29-53(3)4)51-49-63(15)45-27-42-60(12)39-24-36-57(9)33-21-30-54(5)6/h52-64H,19-51H2,1-18H3,(H-,67,68,69)/p+1. The Hall–Kier alpha value is 0.0700. The molecule has 0 aliphatic rings. The van der Waals surface area contributed by atoms with Gasteiger partial charge in [0.15, 0.2) is 0 Å². The molecule has 428 valence electrons. The summed E-state index contributed by atoms with van der Waals surface area (Å²) in [7, 11) is 2.01. The van der Waals surface area contributed by atoms with Crippen LogP contribution in [0.2, 0.25) is 0 Å². The van der Waals surface area contributed by atoms with Gasteiger partial charge in [0.05, 0.1) is 21.1 Å². The lowest BCUT2D eigenvalue weighted by Crippen LogP contribution is -2.60. The minimum Gasteiger partial charge on any atom is -0.326 e.